The molecule has 0 unspecified atom stereocenters. The second-order valence-electron chi connectivity index (χ2n) is 6.82. The molecule has 0 amide bonds. The van der Waals surface area contributed by atoms with Gasteiger partial charge in [-0.05, 0) is 24.4 Å². The number of nitrogens with zero attached hydrogens (tertiary/aromatic N) is 1. The van der Waals surface area contributed by atoms with Gasteiger partial charge in [-0.3, -0.25) is 0 Å². The van der Waals surface area contributed by atoms with Crippen molar-refractivity contribution in [3.05, 3.63) is 17.0 Å². The molecule has 0 aliphatic rings. The van der Waals surface area contributed by atoms with Gasteiger partial charge in [-0.25, -0.2) is 0 Å². The SMILES string of the molecule is CCCCCCCCCCCCCCCCCc1cc(Cl)on1. The van der Waals surface area contributed by atoms with E-state index in [0.29, 0.717) is 5.22 Å². The molecule has 1 rings (SSSR count). The van der Waals surface area contributed by atoms with Gasteiger partial charge in [-0.2, -0.15) is 0 Å². The lowest BCUT2D eigenvalue weighted by Gasteiger charge is -2.03. The first kappa shape index (κ1) is 20.5. The van der Waals surface area contributed by atoms with Gasteiger partial charge in [0.25, 0.3) is 0 Å². The zero-order chi connectivity index (χ0) is 16.6. The number of halogens is 1. The lowest BCUT2D eigenvalue weighted by atomic mass is 10.0. The fourth-order valence-corrected chi connectivity index (χ4v) is 3.24. The summed E-state index contributed by atoms with van der Waals surface area (Å²) in [4.78, 5) is 0. The van der Waals surface area contributed by atoms with E-state index in [2.05, 4.69) is 12.1 Å². The summed E-state index contributed by atoms with van der Waals surface area (Å²) in [7, 11) is 0. The molecule has 0 aliphatic carbocycles. The molecular weight excluding hydrogens is 306 g/mol. The van der Waals surface area contributed by atoms with Crippen LogP contribution in [0.15, 0.2) is 10.6 Å². The summed E-state index contributed by atoms with van der Waals surface area (Å²) < 4.78 is 4.85. The van der Waals surface area contributed by atoms with Crippen LogP contribution in [-0.2, 0) is 6.42 Å². The highest BCUT2D eigenvalue weighted by Crippen LogP contribution is 2.15. The summed E-state index contributed by atoms with van der Waals surface area (Å²) in [5.74, 6) is 0. The predicted octanol–water partition coefficient (Wildman–Crippen LogP) is 7.74. The largest absolute Gasteiger partial charge is 0.344 e. The van der Waals surface area contributed by atoms with E-state index in [1.54, 1.807) is 0 Å². The van der Waals surface area contributed by atoms with Crippen molar-refractivity contribution >= 4 is 11.6 Å². The molecule has 1 aromatic rings. The minimum Gasteiger partial charge on any atom is -0.344 e. The second-order valence-corrected chi connectivity index (χ2v) is 7.19. The number of aryl methyl sites for hydroxylation is 1. The average molecular weight is 342 g/mol. The first-order valence-electron chi connectivity index (χ1n) is 9.94. The lowest BCUT2D eigenvalue weighted by Crippen LogP contribution is -1.86. The minimum atomic E-state index is 0.404. The lowest BCUT2D eigenvalue weighted by molar-refractivity contribution is 0.412. The van der Waals surface area contributed by atoms with Crippen molar-refractivity contribution in [2.45, 2.75) is 110 Å². The van der Waals surface area contributed by atoms with Crippen LogP contribution in [0.3, 0.4) is 0 Å². The van der Waals surface area contributed by atoms with Crippen molar-refractivity contribution in [3.63, 3.8) is 0 Å². The molecule has 2 nitrogen and oxygen atoms in total. The van der Waals surface area contributed by atoms with E-state index in [4.69, 9.17) is 16.1 Å². The Balaban J connectivity index is 1.71. The third-order valence-electron chi connectivity index (χ3n) is 4.57. The molecule has 0 radical (unpaired) electrons. The van der Waals surface area contributed by atoms with Crippen LogP contribution in [0.5, 0.6) is 0 Å². The van der Waals surface area contributed by atoms with Crippen molar-refractivity contribution in [1.82, 2.24) is 5.16 Å². The molecule has 0 aromatic carbocycles. The number of aromatic nitrogens is 1. The predicted molar refractivity (Wildman–Crippen MR) is 100 cm³/mol. The maximum atomic E-state index is 5.70. The standard InChI is InChI=1S/C20H36ClNO/c1-2-3-4-5-6-7-8-9-10-11-12-13-14-15-16-17-19-18-20(21)23-22-19/h18H,2-17H2,1H3. The van der Waals surface area contributed by atoms with Gasteiger partial charge in [-0.1, -0.05) is 102 Å². The molecule has 134 valence electrons. The van der Waals surface area contributed by atoms with E-state index in [-0.39, 0.29) is 0 Å². The molecule has 0 saturated heterocycles. The average Bonchev–Trinajstić information content (AvgIpc) is 2.96. The van der Waals surface area contributed by atoms with Crippen molar-refractivity contribution in [2.24, 2.45) is 0 Å². The first-order chi connectivity index (χ1) is 11.3. The Hall–Kier alpha value is -0.500. The van der Waals surface area contributed by atoms with E-state index < -0.39 is 0 Å². The van der Waals surface area contributed by atoms with E-state index in [9.17, 15) is 0 Å². The van der Waals surface area contributed by atoms with Gasteiger partial charge in [0.05, 0.1) is 5.69 Å². The molecule has 0 spiro atoms. The maximum absolute atomic E-state index is 5.70. The fraction of sp³-hybridized carbons (Fsp3) is 0.850. The first-order valence-corrected chi connectivity index (χ1v) is 10.3. The Bertz CT molecular complexity index is 364. The third-order valence-corrected chi connectivity index (χ3v) is 4.74. The van der Waals surface area contributed by atoms with Gasteiger partial charge in [0, 0.05) is 6.07 Å². The quantitative estimate of drug-likeness (QED) is 0.287. The monoisotopic (exact) mass is 341 g/mol. The van der Waals surface area contributed by atoms with Gasteiger partial charge in [0.1, 0.15) is 0 Å². The molecule has 1 heterocycles. The van der Waals surface area contributed by atoms with E-state index in [0.717, 1.165) is 12.1 Å². The van der Waals surface area contributed by atoms with E-state index >= 15 is 0 Å². The van der Waals surface area contributed by atoms with Crippen LogP contribution in [0.4, 0.5) is 0 Å². The van der Waals surface area contributed by atoms with Gasteiger partial charge >= 0.3 is 0 Å². The Morgan fingerprint density at radius 2 is 1.17 bits per heavy atom. The number of rotatable bonds is 16. The van der Waals surface area contributed by atoms with Crippen molar-refractivity contribution < 1.29 is 4.52 Å². The molecule has 1 aromatic heterocycles. The highest BCUT2D eigenvalue weighted by Gasteiger charge is 2.01. The molecular formula is C20H36ClNO. The molecule has 0 aliphatic heterocycles. The van der Waals surface area contributed by atoms with Crippen LogP contribution in [0.25, 0.3) is 0 Å². The maximum Gasteiger partial charge on any atom is 0.226 e. The fourth-order valence-electron chi connectivity index (χ4n) is 3.08. The summed E-state index contributed by atoms with van der Waals surface area (Å²) in [6, 6.07) is 1.82. The van der Waals surface area contributed by atoms with E-state index in [1.165, 1.54) is 96.3 Å². The van der Waals surface area contributed by atoms with Gasteiger partial charge < -0.3 is 4.52 Å². The number of hydrogen-bond acceptors (Lipinski definition) is 2. The molecule has 0 atom stereocenters. The molecule has 0 bridgehead atoms. The van der Waals surface area contributed by atoms with Crippen LogP contribution in [0.1, 0.15) is 109 Å². The molecule has 23 heavy (non-hydrogen) atoms. The molecule has 0 fully saturated rings. The van der Waals surface area contributed by atoms with Crippen molar-refractivity contribution in [2.75, 3.05) is 0 Å². The zero-order valence-corrected chi connectivity index (χ0v) is 15.9. The van der Waals surface area contributed by atoms with Crippen LogP contribution in [0, 0.1) is 0 Å². The summed E-state index contributed by atoms with van der Waals surface area (Å²) in [6.45, 7) is 2.28. The van der Waals surface area contributed by atoms with Gasteiger partial charge in [0.15, 0.2) is 0 Å². The number of unbranched alkanes of at least 4 members (excludes halogenated alkanes) is 14. The second kappa shape index (κ2) is 15.1. The minimum absolute atomic E-state index is 0.404. The van der Waals surface area contributed by atoms with Crippen molar-refractivity contribution in [1.29, 1.82) is 0 Å². The Kier molecular flexibility index (Phi) is 13.4. The number of hydrogen-bond donors (Lipinski definition) is 0. The summed E-state index contributed by atoms with van der Waals surface area (Å²) in [5.41, 5.74) is 0.990. The van der Waals surface area contributed by atoms with Crippen LogP contribution in [0.2, 0.25) is 5.22 Å². The smallest absolute Gasteiger partial charge is 0.226 e. The highest BCUT2D eigenvalue weighted by molar-refractivity contribution is 6.28. The van der Waals surface area contributed by atoms with Crippen LogP contribution in [-0.4, -0.2) is 5.16 Å². The topological polar surface area (TPSA) is 26.0 Å². The zero-order valence-electron chi connectivity index (χ0n) is 15.1. The summed E-state index contributed by atoms with van der Waals surface area (Å²) in [6.07, 6.45) is 22.0. The Morgan fingerprint density at radius 1 is 0.739 bits per heavy atom. The third kappa shape index (κ3) is 12.6. The van der Waals surface area contributed by atoms with Gasteiger partial charge in [0.2, 0.25) is 5.22 Å². The Morgan fingerprint density at radius 3 is 1.57 bits per heavy atom. The van der Waals surface area contributed by atoms with E-state index in [1.807, 2.05) is 6.07 Å². The van der Waals surface area contributed by atoms with Crippen LogP contribution >= 0.6 is 11.6 Å². The van der Waals surface area contributed by atoms with Crippen LogP contribution < -0.4 is 0 Å². The normalized spacial score (nSPS) is 11.2. The summed E-state index contributed by atoms with van der Waals surface area (Å²) >= 11 is 5.70. The molecule has 0 N–H and O–H groups in total. The summed E-state index contributed by atoms with van der Waals surface area (Å²) in [5, 5.41) is 4.32. The molecule has 0 saturated carbocycles. The molecule has 3 heteroatoms. The highest BCUT2D eigenvalue weighted by atomic mass is 35.5. The van der Waals surface area contributed by atoms with Gasteiger partial charge in [-0.15, -0.1) is 0 Å². The van der Waals surface area contributed by atoms with Crippen molar-refractivity contribution in [3.8, 4) is 0 Å². The Labute approximate surface area is 148 Å².